The topological polar surface area (TPSA) is 101 Å². The maximum absolute atomic E-state index is 13.0. The zero-order valence-electron chi connectivity index (χ0n) is 16.5. The molecule has 0 fully saturated rings. The highest BCUT2D eigenvalue weighted by Gasteiger charge is 2.22. The highest BCUT2D eigenvalue weighted by molar-refractivity contribution is 5.94. The van der Waals surface area contributed by atoms with E-state index < -0.39 is 6.04 Å². The summed E-state index contributed by atoms with van der Waals surface area (Å²) in [5.41, 5.74) is 4.56. The van der Waals surface area contributed by atoms with Crippen molar-refractivity contribution >= 4 is 22.6 Å². The van der Waals surface area contributed by atoms with Crippen molar-refractivity contribution in [3.05, 3.63) is 90.8 Å². The van der Waals surface area contributed by atoms with Gasteiger partial charge in [-0.1, -0.05) is 42.5 Å². The molecular weight excluding hydrogens is 390 g/mol. The molecule has 1 amide bonds. The molecule has 2 aromatic heterocycles. The largest absolute Gasteiger partial charge is 0.338 e. The Bertz CT molecular complexity index is 1260. The van der Waals surface area contributed by atoms with Crippen LogP contribution in [0.5, 0.6) is 0 Å². The van der Waals surface area contributed by atoms with E-state index in [9.17, 15) is 4.79 Å². The maximum Gasteiger partial charge on any atom is 0.249 e. The number of tetrazole rings is 1. The van der Waals surface area contributed by atoms with Crippen molar-refractivity contribution in [3.63, 3.8) is 0 Å². The summed E-state index contributed by atoms with van der Waals surface area (Å²) in [6.45, 7) is 0. The van der Waals surface area contributed by atoms with E-state index in [-0.39, 0.29) is 5.91 Å². The lowest BCUT2D eigenvalue weighted by atomic mass is 10.1. The van der Waals surface area contributed by atoms with Crippen LogP contribution >= 0.6 is 0 Å². The van der Waals surface area contributed by atoms with Gasteiger partial charge in [0.05, 0.1) is 11.0 Å². The van der Waals surface area contributed by atoms with E-state index in [1.807, 2.05) is 78.9 Å². The molecule has 3 aromatic carbocycles. The third-order valence-corrected chi connectivity index (χ3v) is 5.07. The van der Waals surface area contributed by atoms with Crippen LogP contribution in [0.4, 0.5) is 5.69 Å². The van der Waals surface area contributed by atoms with Crippen molar-refractivity contribution in [1.82, 2.24) is 30.2 Å². The van der Waals surface area contributed by atoms with Crippen molar-refractivity contribution in [3.8, 4) is 11.4 Å². The summed E-state index contributed by atoms with van der Waals surface area (Å²) in [6, 6.07) is 24.7. The van der Waals surface area contributed by atoms with Gasteiger partial charge in [-0.3, -0.25) is 4.79 Å². The van der Waals surface area contributed by atoms with Crippen LogP contribution in [0.25, 0.3) is 22.4 Å². The van der Waals surface area contributed by atoms with Crippen LogP contribution in [-0.2, 0) is 11.2 Å². The fourth-order valence-electron chi connectivity index (χ4n) is 3.48. The smallest absolute Gasteiger partial charge is 0.249 e. The molecule has 1 atom stereocenters. The van der Waals surface area contributed by atoms with E-state index in [1.165, 1.54) is 11.0 Å². The molecule has 0 saturated heterocycles. The number of carbonyl (C=O) groups is 1. The highest BCUT2D eigenvalue weighted by Crippen LogP contribution is 2.23. The first-order chi connectivity index (χ1) is 15.3. The lowest BCUT2D eigenvalue weighted by Gasteiger charge is -2.16. The molecule has 0 aliphatic rings. The predicted octanol–water partition coefficient (Wildman–Crippen LogP) is 3.64. The highest BCUT2D eigenvalue weighted by atomic mass is 16.2. The van der Waals surface area contributed by atoms with E-state index in [0.29, 0.717) is 12.1 Å². The Morgan fingerprint density at radius 2 is 1.74 bits per heavy atom. The Labute approximate surface area is 178 Å². The minimum absolute atomic E-state index is 0.187. The van der Waals surface area contributed by atoms with E-state index in [0.717, 1.165) is 28.0 Å². The fraction of sp³-hybridized carbons (Fsp3) is 0.0870. The minimum atomic E-state index is -0.563. The van der Waals surface area contributed by atoms with E-state index in [4.69, 9.17) is 0 Å². The molecular formula is C23H19N7O. The van der Waals surface area contributed by atoms with Gasteiger partial charge in [-0.2, -0.15) is 0 Å². The molecule has 2 heterocycles. The molecule has 0 aliphatic heterocycles. The molecule has 0 unspecified atom stereocenters. The third kappa shape index (κ3) is 4.04. The van der Waals surface area contributed by atoms with E-state index in [1.54, 1.807) is 0 Å². The average Bonchev–Trinajstić information content (AvgIpc) is 3.49. The number of anilines is 1. The van der Waals surface area contributed by atoms with E-state index in [2.05, 4.69) is 30.8 Å². The molecule has 8 nitrogen and oxygen atoms in total. The fourth-order valence-corrected chi connectivity index (χ4v) is 3.48. The number of aromatic amines is 1. The molecule has 2 N–H and O–H groups in total. The molecule has 0 saturated carbocycles. The first kappa shape index (κ1) is 18.7. The van der Waals surface area contributed by atoms with Gasteiger partial charge >= 0.3 is 0 Å². The second-order valence-electron chi connectivity index (χ2n) is 7.16. The molecule has 8 heteroatoms. The molecule has 5 rings (SSSR count). The Hall–Kier alpha value is -4.33. The van der Waals surface area contributed by atoms with Crippen LogP contribution in [0, 0.1) is 0 Å². The number of benzene rings is 3. The van der Waals surface area contributed by atoms with Gasteiger partial charge in [0.25, 0.3) is 0 Å². The molecule has 0 radical (unpaired) electrons. The first-order valence-corrected chi connectivity index (χ1v) is 9.89. The standard InChI is InChI=1S/C23H19N7O/c31-23(21(30-15-24-28-29-30)14-16-6-2-1-3-7-16)25-18-12-10-17(11-13-18)22-26-19-8-4-5-9-20(19)27-22/h1-13,15,21H,14H2,(H,25,31)(H,26,27)/t21-/m0/s1. The van der Waals surface area contributed by atoms with Crippen LogP contribution in [0.1, 0.15) is 11.6 Å². The van der Waals surface area contributed by atoms with Gasteiger partial charge in [0.1, 0.15) is 18.2 Å². The normalized spacial score (nSPS) is 12.0. The lowest BCUT2D eigenvalue weighted by molar-refractivity contribution is -0.119. The van der Waals surface area contributed by atoms with Gasteiger partial charge in [-0.05, 0) is 52.4 Å². The molecule has 5 aromatic rings. The summed E-state index contributed by atoms with van der Waals surface area (Å²) < 4.78 is 1.48. The number of nitrogens with zero attached hydrogens (tertiary/aromatic N) is 5. The Morgan fingerprint density at radius 3 is 2.48 bits per heavy atom. The van der Waals surface area contributed by atoms with Crippen LogP contribution in [0.15, 0.2) is 85.2 Å². The molecule has 31 heavy (non-hydrogen) atoms. The van der Waals surface area contributed by atoms with Crippen LogP contribution in [0.2, 0.25) is 0 Å². The summed E-state index contributed by atoms with van der Waals surface area (Å²) >= 11 is 0. The molecule has 0 aliphatic carbocycles. The molecule has 152 valence electrons. The zero-order valence-corrected chi connectivity index (χ0v) is 16.5. The Morgan fingerprint density at radius 1 is 0.968 bits per heavy atom. The third-order valence-electron chi connectivity index (χ3n) is 5.07. The summed E-state index contributed by atoms with van der Waals surface area (Å²) in [5.74, 6) is 0.599. The second-order valence-corrected chi connectivity index (χ2v) is 7.16. The second kappa shape index (κ2) is 8.19. The monoisotopic (exact) mass is 409 g/mol. The average molecular weight is 409 g/mol. The maximum atomic E-state index is 13.0. The SMILES string of the molecule is O=C(Nc1ccc(-c2nc3ccccc3[nH]2)cc1)[C@H](Cc1ccccc1)n1cnnn1. The van der Waals surface area contributed by atoms with Crippen molar-refractivity contribution in [1.29, 1.82) is 0 Å². The zero-order chi connectivity index (χ0) is 21.0. The lowest BCUT2D eigenvalue weighted by Crippen LogP contribution is -2.28. The van der Waals surface area contributed by atoms with Gasteiger partial charge in [0.2, 0.25) is 5.91 Å². The number of amides is 1. The first-order valence-electron chi connectivity index (χ1n) is 9.89. The summed E-state index contributed by atoms with van der Waals surface area (Å²) in [6.07, 6.45) is 1.94. The number of carbonyl (C=O) groups excluding carboxylic acids is 1. The summed E-state index contributed by atoms with van der Waals surface area (Å²) in [5, 5.41) is 14.3. The number of nitrogens with one attached hydrogen (secondary N) is 2. The van der Waals surface area contributed by atoms with Gasteiger partial charge in [-0.15, -0.1) is 5.10 Å². The number of imidazole rings is 1. The van der Waals surface area contributed by atoms with Crippen molar-refractivity contribution < 1.29 is 4.79 Å². The molecule has 0 spiro atoms. The van der Waals surface area contributed by atoms with Crippen molar-refractivity contribution in [2.45, 2.75) is 12.5 Å². The van der Waals surface area contributed by atoms with Crippen LogP contribution < -0.4 is 5.32 Å². The predicted molar refractivity (Wildman–Crippen MR) is 117 cm³/mol. The van der Waals surface area contributed by atoms with Crippen LogP contribution in [-0.4, -0.2) is 36.1 Å². The number of aromatic nitrogens is 6. The van der Waals surface area contributed by atoms with E-state index >= 15 is 0 Å². The van der Waals surface area contributed by atoms with Crippen molar-refractivity contribution in [2.24, 2.45) is 0 Å². The van der Waals surface area contributed by atoms with Crippen molar-refractivity contribution in [2.75, 3.05) is 5.32 Å². The Balaban J connectivity index is 1.34. The number of para-hydroxylation sites is 2. The molecule has 0 bridgehead atoms. The number of fused-ring (bicyclic) bond motifs is 1. The minimum Gasteiger partial charge on any atom is -0.338 e. The summed E-state index contributed by atoms with van der Waals surface area (Å²) in [4.78, 5) is 21.0. The number of rotatable bonds is 6. The quantitative estimate of drug-likeness (QED) is 0.446. The van der Waals surface area contributed by atoms with Gasteiger partial charge in [-0.25, -0.2) is 9.67 Å². The number of H-pyrrole nitrogens is 1. The summed E-state index contributed by atoms with van der Waals surface area (Å²) in [7, 11) is 0. The number of hydrogen-bond acceptors (Lipinski definition) is 5. The van der Waals surface area contributed by atoms with Gasteiger partial charge < -0.3 is 10.3 Å². The Kier molecular flexibility index (Phi) is 4.94. The van der Waals surface area contributed by atoms with Crippen LogP contribution in [0.3, 0.4) is 0 Å². The van der Waals surface area contributed by atoms with Gasteiger partial charge in [0.15, 0.2) is 0 Å². The van der Waals surface area contributed by atoms with Gasteiger partial charge in [0, 0.05) is 17.7 Å². The number of hydrogen-bond donors (Lipinski definition) is 2.